The molecular weight excluding hydrogens is 168 g/mol. The normalized spacial score (nSPS) is 12.2. The molecule has 0 aliphatic carbocycles. The molecule has 0 aliphatic heterocycles. The second-order valence-electron chi connectivity index (χ2n) is 4.03. The van der Waals surface area contributed by atoms with E-state index in [0.717, 1.165) is 0 Å². The van der Waals surface area contributed by atoms with Gasteiger partial charge in [0.1, 0.15) is 0 Å². The molecule has 0 heterocycles. The zero-order chi connectivity index (χ0) is 10.4. The summed E-state index contributed by atoms with van der Waals surface area (Å²) in [6.45, 7) is 6.59. The van der Waals surface area contributed by atoms with Crippen LogP contribution in [0.5, 0.6) is 0 Å². The van der Waals surface area contributed by atoms with Crippen molar-refractivity contribution >= 4 is 0 Å². The van der Waals surface area contributed by atoms with E-state index in [2.05, 4.69) is 57.2 Å². The van der Waals surface area contributed by atoms with Crippen LogP contribution in [0.1, 0.15) is 45.1 Å². The Bertz CT molecular complexity index is 278. The van der Waals surface area contributed by atoms with Crippen LogP contribution in [0.4, 0.5) is 0 Å². The van der Waals surface area contributed by atoms with Gasteiger partial charge in [-0.1, -0.05) is 48.9 Å². The fourth-order valence-corrected chi connectivity index (χ4v) is 1.64. The Kier molecular flexibility index (Phi) is 4.45. The van der Waals surface area contributed by atoms with Crippen LogP contribution >= 0.6 is 0 Å². The van der Waals surface area contributed by atoms with Gasteiger partial charge in [-0.3, -0.25) is 0 Å². The average Bonchev–Trinajstić information content (AvgIpc) is 2.20. The van der Waals surface area contributed by atoms with E-state index in [0.29, 0.717) is 5.92 Å². The smallest absolute Gasteiger partial charge is 0.0130 e. The number of hydrogen-bond donors (Lipinski definition) is 0. The van der Waals surface area contributed by atoms with Gasteiger partial charge in [0, 0.05) is 0 Å². The lowest BCUT2D eigenvalue weighted by Gasteiger charge is -2.12. The molecule has 0 amide bonds. The van der Waals surface area contributed by atoms with Crippen LogP contribution in [0.2, 0.25) is 0 Å². The summed E-state index contributed by atoms with van der Waals surface area (Å²) in [5.74, 6) is 0.686. The molecule has 76 valence electrons. The molecule has 1 atom stereocenters. The lowest BCUT2D eigenvalue weighted by Crippen LogP contribution is -1.95. The van der Waals surface area contributed by atoms with Gasteiger partial charge in [0.05, 0.1) is 0 Å². The van der Waals surface area contributed by atoms with Crippen molar-refractivity contribution in [3.05, 3.63) is 47.5 Å². The van der Waals surface area contributed by atoms with Gasteiger partial charge in [0.25, 0.3) is 0 Å². The molecule has 0 nitrogen and oxygen atoms in total. The minimum atomic E-state index is 0.686. The summed E-state index contributed by atoms with van der Waals surface area (Å²) >= 11 is 0. The highest BCUT2D eigenvalue weighted by molar-refractivity contribution is 5.20. The number of benzene rings is 1. The molecule has 1 rings (SSSR count). The lowest BCUT2D eigenvalue weighted by atomic mass is 9.93. The Morgan fingerprint density at radius 3 is 2.36 bits per heavy atom. The van der Waals surface area contributed by atoms with E-state index in [1.165, 1.54) is 24.0 Å². The number of hydrogen-bond acceptors (Lipinski definition) is 0. The highest BCUT2D eigenvalue weighted by atomic mass is 14.1. The molecule has 1 aromatic rings. The second-order valence-corrected chi connectivity index (χ2v) is 4.03. The third kappa shape index (κ3) is 3.37. The maximum absolute atomic E-state index is 2.33. The van der Waals surface area contributed by atoms with Crippen molar-refractivity contribution in [2.75, 3.05) is 0 Å². The first kappa shape index (κ1) is 11.0. The molecule has 0 saturated heterocycles. The summed E-state index contributed by atoms with van der Waals surface area (Å²) in [6, 6.07) is 10.8. The summed E-state index contributed by atoms with van der Waals surface area (Å²) in [7, 11) is 0. The van der Waals surface area contributed by atoms with Crippen molar-refractivity contribution in [2.24, 2.45) is 0 Å². The first-order chi connectivity index (χ1) is 6.74. The Balaban J connectivity index is 2.68. The molecule has 0 radical (unpaired) electrons. The van der Waals surface area contributed by atoms with E-state index < -0.39 is 0 Å². The van der Waals surface area contributed by atoms with Gasteiger partial charge in [-0.05, 0) is 38.2 Å². The predicted molar refractivity (Wildman–Crippen MR) is 63.5 cm³/mol. The summed E-state index contributed by atoms with van der Waals surface area (Å²) in [4.78, 5) is 0. The minimum Gasteiger partial charge on any atom is -0.0853 e. The SMILES string of the molecule is CCC(CC=C(C)C)c1ccccc1. The van der Waals surface area contributed by atoms with E-state index in [1.807, 2.05) is 0 Å². The fourth-order valence-electron chi connectivity index (χ4n) is 1.64. The van der Waals surface area contributed by atoms with Gasteiger partial charge in [0.2, 0.25) is 0 Å². The molecule has 0 fully saturated rings. The van der Waals surface area contributed by atoms with Crippen LogP contribution in [-0.2, 0) is 0 Å². The van der Waals surface area contributed by atoms with E-state index in [9.17, 15) is 0 Å². The molecule has 14 heavy (non-hydrogen) atoms. The second kappa shape index (κ2) is 5.64. The monoisotopic (exact) mass is 188 g/mol. The highest BCUT2D eigenvalue weighted by Gasteiger charge is 2.06. The quantitative estimate of drug-likeness (QED) is 0.609. The Morgan fingerprint density at radius 2 is 1.86 bits per heavy atom. The predicted octanol–water partition coefficient (Wildman–Crippen LogP) is 4.54. The molecular formula is C14H20. The van der Waals surface area contributed by atoms with Crippen molar-refractivity contribution in [3.8, 4) is 0 Å². The zero-order valence-electron chi connectivity index (χ0n) is 9.46. The van der Waals surface area contributed by atoms with Gasteiger partial charge < -0.3 is 0 Å². The molecule has 1 aromatic carbocycles. The topological polar surface area (TPSA) is 0 Å². The van der Waals surface area contributed by atoms with Crippen LogP contribution in [0.25, 0.3) is 0 Å². The first-order valence-corrected chi connectivity index (χ1v) is 5.42. The molecule has 0 N–H and O–H groups in total. The van der Waals surface area contributed by atoms with E-state index in [-0.39, 0.29) is 0 Å². The van der Waals surface area contributed by atoms with E-state index >= 15 is 0 Å². The minimum absolute atomic E-state index is 0.686. The third-order valence-corrected chi connectivity index (χ3v) is 2.57. The summed E-state index contributed by atoms with van der Waals surface area (Å²) in [6.07, 6.45) is 4.72. The van der Waals surface area contributed by atoms with Gasteiger partial charge in [0.15, 0.2) is 0 Å². The van der Waals surface area contributed by atoms with Crippen LogP contribution in [0.15, 0.2) is 42.0 Å². The zero-order valence-corrected chi connectivity index (χ0v) is 9.46. The van der Waals surface area contributed by atoms with Gasteiger partial charge in [-0.2, -0.15) is 0 Å². The van der Waals surface area contributed by atoms with Crippen LogP contribution in [0, 0.1) is 0 Å². The molecule has 0 saturated carbocycles. The molecule has 0 spiro atoms. The summed E-state index contributed by atoms with van der Waals surface area (Å²) < 4.78 is 0. The van der Waals surface area contributed by atoms with Gasteiger partial charge in [-0.15, -0.1) is 0 Å². The van der Waals surface area contributed by atoms with Crippen molar-refractivity contribution in [2.45, 2.75) is 39.5 Å². The van der Waals surface area contributed by atoms with Crippen molar-refractivity contribution in [1.29, 1.82) is 0 Å². The Labute approximate surface area is 87.7 Å². The molecule has 1 unspecified atom stereocenters. The summed E-state index contributed by atoms with van der Waals surface area (Å²) in [5.41, 5.74) is 2.88. The maximum atomic E-state index is 2.33. The van der Waals surface area contributed by atoms with Crippen LogP contribution < -0.4 is 0 Å². The van der Waals surface area contributed by atoms with Crippen molar-refractivity contribution in [1.82, 2.24) is 0 Å². The summed E-state index contributed by atoms with van der Waals surface area (Å²) in [5, 5.41) is 0. The van der Waals surface area contributed by atoms with E-state index in [4.69, 9.17) is 0 Å². The number of rotatable bonds is 4. The molecule has 0 aromatic heterocycles. The molecule has 0 bridgehead atoms. The van der Waals surface area contributed by atoms with Crippen LogP contribution in [0.3, 0.4) is 0 Å². The van der Waals surface area contributed by atoms with Gasteiger partial charge in [-0.25, -0.2) is 0 Å². The lowest BCUT2D eigenvalue weighted by molar-refractivity contribution is 0.672. The average molecular weight is 188 g/mol. The highest BCUT2D eigenvalue weighted by Crippen LogP contribution is 2.23. The first-order valence-electron chi connectivity index (χ1n) is 5.42. The third-order valence-electron chi connectivity index (χ3n) is 2.57. The Morgan fingerprint density at radius 1 is 1.21 bits per heavy atom. The fraction of sp³-hybridized carbons (Fsp3) is 0.429. The maximum Gasteiger partial charge on any atom is -0.0130 e. The molecule has 0 heteroatoms. The van der Waals surface area contributed by atoms with Crippen molar-refractivity contribution < 1.29 is 0 Å². The molecule has 0 aliphatic rings. The Hall–Kier alpha value is -1.04. The van der Waals surface area contributed by atoms with Crippen molar-refractivity contribution in [3.63, 3.8) is 0 Å². The number of allylic oxidation sites excluding steroid dienone is 2. The standard InChI is InChI=1S/C14H20/c1-4-13(11-10-12(2)3)14-8-6-5-7-9-14/h5-10,13H,4,11H2,1-3H3. The largest absolute Gasteiger partial charge is 0.0853 e. The van der Waals surface area contributed by atoms with Gasteiger partial charge >= 0.3 is 0 Å². The van der Waals surface area contributed by atoms with Crippen LogP contribution in [-0.4, -0.2) is 0 Å². The van der Waals surface area contributed by atoms with E-state index in [1.54, 1.807) is 0 Å².